The number of anilines is 1. The van der Waals surface area contributed by atoms with Crippen molar-refractivity contribution in [1.29, 1.82) is 0 Å². The molecule has 0 bridgehead atoms. The molecule has 0 saturated carbocycles. The second kappa shape index (κ2) is 6.31. The topological polar surface area (TPSA) is 64.2 Å². The Bertz CT molecular complexity index is 941. The molecule has 1 heterocycles. The van der Waals surface area contributed by atoms with Gasteiger partial charge < -0.3 is 9.73 Å². The van der Waals surface area contributed by atoms with E-state index in [4.69, 9.17) is 4.42 Å². The second-order valence-corrected chi connectivity index (χ2v) is 5.83. The zero-order valence-corrected chi connectivity index (χ0v) is 13.4. The van der Waals surface area contributed by atoms with Crippen molar-refractivity contribution in [3.63, 3.8) is 0 Å². The fourth-order valence-corrected chi connectivity index (χ4v) is 2.54. The first-order valence-corrected chi connectivity index (χ1v) is 7.59. The molecule has 1 atom stereocenters. The number of hydrogen-bond donors (Lipinski definition) is 1. The number of hydrogen-bond acceptors (Lipinski definition) is 3. The number of nitrogens with one attached hydrogen (secondary N) is 1. The summed E-state index contributed by atoms with van der Waals surface area (Å²) in [4.78, 5) is 23.8. The minimum atomic E-state index is -0.446. The zero-order chi connectivity index (χ0) is 17.3. The third-order valence-corrected chi connectivity index (χ3v) is 3.96. The van der Waals surface area contributed by atoms with E-state index in [9.17, 15) is 14.0 Å². The Balaban J connectivity index is 1.72. The molecule has 1 N–H and O–H groups in total. The molecule has 1 aromatic heterocycles. The van der Waals surface area contributed by atoms with Gasteiger partial charge in [0.2, 0.25) is 5.91 Å². The molecule has 0 spiro atoms. The minimum Gasteiger partial charge on any atom is -0.408 e. The van der Waals surface area contributed by atoms with Crippen LogP contribution in [0.15, 0.2) is 51.7 Å². The summed E-state index contributed by atoms with van der Waals surface area (Å²) >= 11 is 0. The molecule has 0 fully saturated rings. The van der Waals surface area contributed by atoms with Gasteiger partial charge in [0.15, 0.2) is 5.58 Å². The number of oxazole rings is 1. The van der Waals surface area contributed by atoms with Crippen molar-refractivity contribution < 1.29 is 13.6 Å². The summed E-state index contributed by atoms with van der Waals surface area (Å²) < 4.78 is 19.4. The molecule has 0 aliphatic rings. The summed E-state index contributed by atoms with van der Waals surface area (Å²) in [5.74, 6) is -1.17. The highest BCUT2D eigenvalue weighted by Crippen LogP contribution is 2.19. The van der Waals surface area contributed by atoms with E-state index in [-0.39, 0.29) is 17.6 Å². The molecule has 6 heteroatoms. The van der Waals surface area contributed by atoms with Gasteiger partial charge in [0.1, 0.15) is 5.82 Å². The molecule has 0 aliphatic carbocycles. The molecule has 24 heavy (non-hydrogen) atoms. The molecule has 1 unspecified atom stereocenters. The Labute approximate surface area is 137 Å². The minimum absolute atomic E-state index is 0.146. The number of carbonyl (C=O) groups is 1. The fourth-order valence-electron chi connectivity index (χ4n) is 2.54. The molecular formula is C18H17FN2O3. The Morgan fingerprint density at radius 1 is 1.25 bits per heavy atom. The Morgan fingerprint density at radius 2 is 1.96 bits per heavy atom. The van der Waals surface area contributed by atoms with E-state index in [1.807, 2.05) is 6.92 Å². The largest absolute Gasteiger partial charge is 0.419 e. The quantitative estimate of drug-likeness (QED) is 0.800. The van der Waals surface area contributed by atoms with Gasteiger partial charge in [-0.05, 0) is 42.3 Å². The number of halogens is 1. The molecule has 5 nitrogen and oxygen atoms in total. The van der Waals surface area contributed by atoms with Crippen molar-refractivity contribution in [3.8, 4) is 0 Å². The van der Waals surface area contributed by atoms with Crippen molar-refractivity contribution in [2.75, 3.05) is 5.32 Å². The first-order chi connectivity index (χ1) is 11.4. The molecule has 124 valence electrons. The Kier molecular flexibility index (Phi) is 4.20. The van der Waals surface area contributed by atoms with Gasteiger partial charge in [0.05, 0.1) is 5.52 Å². The lowest BCUT2D eigenvalue weighted by molar-refractivity contribution is -0.119. The molecule has 3 rings (SSSR count). The molecule has 0 saturated heterocycles. The van der Waals surface area contributed by atoms with Crippen LogP contribution < -0.4 is 11.1 Å². The first-order valence-electron chi connectivity index (χ1n) is 7.59. The van der Waals surface area contributed by atoms with E-state index in [1.165, 1.54) is 16.7 Å². The average Bonchev–Trinajstić information content (AvgIpc) is 2.84. The third-order valence-electron chi connectivity index (χ3n) is 3.96. The lowest BCUT2D eigenvalue weighted by Crippen LogP contribution is -2.22. The number of fused-ring (bicyclic) bond motifs is 1. The van der Waals surface area contributed by atoms with Crippen LogP contribution in [0.4, 0.5) is 10.1 Å². The molecule has 2 aromatic carbocycles. The zero-order valence-electron chi connectivity index (χ0n) is 13.4. The highest BCUT2D eigenvalue weighted by molar-refractivity contribution is 5.94. The predicted molar refractivity (Wildman–Crippen MR) is 89.4 cm³/mol. The van der Waals surface area contributed by atoms with Crippen molar-refractivity contribution >= 4 is 22.7 Å². The molecule has 3 aromatic rings. The fraction of sp³-hybridized carbons (Fsp3) is 0.222. The monoisotopic (exact) mass is 328 g/mol. The number of benzene rings is 2. The highest BCUT2D eigenvalue weighted by atomic mass is 19.1. The van der Waals surface area contributed by atoms with E-state index in [0.29, 0.717) is 23.2 Å². The van der Waals surface area contributed by atoms with Crippen LogP contribution in [0.5, 0.6) is 0 Å². The van der Waals surface area contributed by atoms with Crippen LogP contribution in [0.3, 0.4) is 0 Å². The summed E-state index contributed by atoms with van der Waals surface area (Å²) in [5, 5.41) is 2.83. The summed E-state index contributed by atoms with van der Waals surface area (Å²) in [7, 11) is 1.61. The number of aromatic nitrogens is 1. The van der Waals surface area contributed by atoms with Crippen LogP contribution in [0.2, 0.25) is 0 Å². The smallest absolute Gasteiger partial charge is 0.408 e. The Morgan fingerprint density at radius 3 is 2.67 bits per heavy atom. The third kappa shape index (κ3) is 3.22. The van der Waals surface area contributed by atoms with Crippen LogP contribution in [0.25, 0.3) is 11.1 Å². The number of amides is 1. The van der Waals surface area contributed by atoms with Crippen molar-refractivity contribution in [2.24, 2.45) is 13.0 Å². The molecular weight excluding hydrogens is 311 g/mol. The number of rotatable bonds is 4. The lowest BCUT2D eigenvalue weighted by Gasteiger charge is -2.12. The van der Waals surface area contributed by atoms with E-state index < -0.39 is 5.76 Å². The number of carbonyl (C=O) groups excluding carboxylic acids is 1. The van der Waals surface area contributed by atoms with Crippen molar-refractivity contribution in [1.82, 2.24) is 4.57 Å². The van der Waals surface area contributed by atoms with Crippen LogP contribution >= 0.6 is 0 Å². The van der Waals surface area contributed by atoms with Gasteiger partial charge in [-0.2, -0.15) is 0 Å². The van der Waals surface area contributed by atoms with E-state index >= 15 is 0 Å². The standard InChI is InChI=1S/C18H17FN2O3/c1-11(9-12-3-5-13(19)6-4-12)17(22)20-14-7-8-16-15(10-14)21(2)18(23)24-16/h3-8,10-11H,9H2,1-2H3,(H,20,22). The summed E-state index contributed by atoms with van der Waals surface area (Å²) in [6.45, 7) is 1.81. The van der Waals surface area contributed by atoms with Crippen molar-refractivity contribution in [3.05, 3.63) is 64.4 Å². The van der Waals surface area contributed by atoms with Gasteiger partial charge in [-0.15, -0.1) is 0 Å². The summed E-state index contributed by atoms with van der Waals surface area (Å²) in [5.41, 5.74) is 2.57. The predicted octanol–water partition coefficient (Wildman–Crippen LogP) is 3.09. The second-order valence-electron chi connectivity index (χ2n) is 5.83. The van der Waals surface area contributed by atoms with Gasteiger partial charge in [-0.25, -0.2) is 9.18 Å². The highest BCUT2D eigenvalue weighted by Gasteiger charge is 2.15. The maximum atomic E-state index is 12.9. The summed E-state index contributed by atoms with van der Waals surface area (Å²) in [6, 6.07) is 11.1. The SMILES string of the molecule is CC(Cc1ccc(F)cc1)C(=O)Nc1ccc2oc(=O)n(C)c2c1. The Hall–Kier alpha value is -2.89. The lowest BCUT2D eigenvalue weighted by atomic mass is 10.0. The molecule has 1 amide bonds. The van der Waals surface area contributed by atoms with Gasteiger partial charge >= 0.3 is 5.76 Å². The number of aryl methyl sites for hydroxylation is 1. The normalized spacial score (nSPS) is 12.3. The van der Waals surface area contributed by atoms with Crippen LogP contribution in [0.1, 0.15) is 12.5 Å². The van der Waals surface area contributed by atoms with E-state index in [0.717, 1.165) is 5.56 Å². The van der Waals surface area contributed by atoms with E-state index in [1.54, 1.807) is 37.4 Å². The van der Waals surface area contributed by atoms with Gasteiger partial charge in [-0.1, -0.05) is 19.1 Å². The maximum Gasteiger partial charge on any atom is 0.419 e. The number of nitrogens with zero attached hydrogens (tertiary/aromatic N) is 1. The van der Waals surface area contributed by atoms with Gasteiger partial charge in [-0.3, -0.25) is 9.36 Å². The summed E-state index contributed by atoms with van der Waals surface area (Å²) in [6.07, 6.45) is 0.512. The van der Waals surface area contributed by atoms with Crippen LogP contribution in [0, 0.1) is 11.7 Å². The average molecular weight is 328 g/mol. The van der Waals surface area contributed by atoms with Crippen molar-refractivity contribution in [2.45, 2.75) is 13.3 Å². The van der Waals surface area contributed by atoms with E-state index in [2.05, 4.69) is 5.32 Å². The molecule has 0 radical (unpaired) electrons. The first kappa shape index (κ1) is 16.0. The maximum absolute atomic E-state index is 12.9. The van der Waals surface area contributed by atoms with Gasteiger partial charge in [0.25, 0.3) is 0 Å². The van der Waals surface area contributed by atoms with Gasteiger partial charge in [0, 0.05) is 18.7 Å². The van der Waals surface area contributed by atoms with Crippen LogP contribution in [-0.2, 0) is 18.3 Å². The van der Waals surface area contributed by atoms with Crippen LogP contribution in [-0.4, -0.2) is 10.5 Å². The molecule has 0 aliphatic heterocycles.